The molecule has 0 heterocycles. The third-order valence-electron chi connectivity index (χ3n) is 6.51. The van der Waals surface area contributed by atoms with E-state index in [0.29, 0.717) is 34.1 Å². The Morgan fingerprint density at radius 2 is 1.52 bits per heavy atom. The molecule has 1 N–H and O–H groups in total. The number of nitrogens with one attached hydrogen (secondary N) is 1. The standard InChI is InChI=1S/C30H31Cl3F3N3O4S/c1-19(2)16-37-29(41)27(14-20-7-5-4-6-8-20)38(17-21-9-11-23(31)25(33)13-21)28(40)18-39(44(3,42)43)26-15-22(30(34,35)36)10-12-24(26)32/h4-13,15,19,27H,14,16-18H2,1-3H3,(H,37,41). The lowest BCUT2D eigenvalue weighted by Gasteiger charge is -2.34. The Balaban J connectivity index is 2.13. The summed E-state index contributed by atoms with van der Waals surface area (Å²) in [6.07, 6.45) is -4.00. The average molecular weight is 693 g/mol. The number of carbonyl (C=O) groups excluding carboxylic acids is 2. The predicted molar refractivity (Wildman–Crippen MR) is 167 cm³/mol. The number of hydrogen-bond donors (Lipinski definition) is 1. The molecular weight excluding hydrogens is 662 g/mol. The van der Waals surface area contributed by atoms with Gasteiger partial charge in [-0.2, -0.15) is 13.2 Å². The number of hydrogen-bond acceptors (Lipinski definition) is 4. The fourth-order valence-corrected chi connectivity index (χ4v) is 5.73. The van der Waals surface area contributed by atoms with Gasteiger partial charge >= 0.3 is 6.18 Å². The second kappa shape index (κ2) is 14.9. The van der Waals surface area contributed by atoms with Gasteiger partial charge in [0.05, 0.1) is 32.6 Å². The predicted octanol–water partition coefficient (Wildman–Crippen LogP) is 6.84. The normalized spacial score (nSPS) is 12.6. The monoisotopic (exact) mass is 691 g/mol. The minimum Gasteiger partial charge on any atom is -0.354 e. The van der Waals surface area contributed by atoms with Crippen molar-refractivity contribution in [1.29, 1.82) is 0 Å². The van der Waals surface area contributed by atoms with Gasteiger partial charge in [0, 0.05) is 19.5 Å². The zero-order valence-electron chi connectivity index (χ0n) is 24.0. The molecule has 3 aromatic rings. The van der Waals surface area contributed by atoms with E-state index in [1.165, 1.54) is 17.0 Å². The molecule has 1 unspecified atom stereocenters. The quantitative estimate of drug-likeness (QED) is 0.225. The minimum absolute atomic E-state index is 0.0566. The first-order valence-electron chi connectivity index (χ1n) is 13.4. The molecule has 0 bridgehead atoms. The Hall–Kier alpha value is -2.99. The van der Waals surface area contributed by atoms with Crippen molar-refractivity contribution in [2.75, 3.05) is 23.7 Å². The van der Waals surface area contributed by atoms with Gasteiger partial charge in [-0.3, -0.25) is 13.9 Å². The van der Waals surface area contributed by atoms with Crippen molar-refractivity contribution in [1.82, 2.24) is 10.2 Å². The summed E-state index contributed by atoms with van der Waals surface area (Å²) < 4.78 is 66.9. The number of alkyl halides is 3. The molecular formula is C30H31Cl3F3N3O4S. The Kier molecular flexibility index (Phi) is 12.0. The van der Waals surface area contributed by atoms with Crippen molar-refractivity contribution >= 4 is 62.3 Å². The van der Waals surface area contributed by atoms with Gasteiger partial charge in [-0.05, 0) is 47.4 Å². The summed E-state index contributed by atoms with van der Waals surface area (Å²) in [7, 11) is -4.35. The van der Waals surface area contributed by atoms with Crippen molar-refractivity contribution in [2.24, 2.45) is 5.92 Å². The van der Waals surface area contributed by atoms with Crippen molar-refractivity contribution in [3.8, 4) is 0 Å². The lowest BCUT2D eigenvalue weighted by atomic mass is 10.0. The molecule has 3 rings (SSSR count). The van der Waals surface area contributed by atoms with Crippen molar-refractivity contribution in [3.63, 3.8) is 0 Å². The molecule has 2 amide bonds. The van der Waals surface area contributed by atoms with Crippen LogP contribution in [0.15, 0.2) is 66.7 Å². The third-order valence-corrected chi connectivity index (χ3v) is 8.70. The highest BCUT2D eigenvalue weighted by Crippen LogP contribution is 2.36. The van der Waals surface area contributed by atoms with E-state index >= 15 is 0 Å². The molecule has 0 spiro atoms. The Labute approximate surface area is 269 Å². The van der Waals surface area contributed by atoms with Crippen molar-refractivity contribution < 1.29 is 31.2 Å². The molecule has 44 heavy (non-hydrogen) atoms. The number of benzene rings is 3. The average Bonchev–Trinajstić information content (AvgIpc) is 2.93. The lowest BCUT2D eigenvalue weighted by molar-refractivity contribution is -0.140. The summed E-state index contributed by atoms with van der Waals surface area (Å²) in [4.78, 5) is 28.9. The highest BCUT2D eigenvalue weighted by molar-refractivity contribution is 7.92. The van der Waals surface area contributed by atoms with Gasteiger partial charge in [0.1, 0.15) is 12.6 Å². The van der Waals surface area contributed by atoms with Crippen LogP contribution in [0.25, 0.3) is 0 Å². The van der Waals surface area contributed by atoms with Crippen LogP contribution >= 0.6 is 34.8 Å². The summed E-state index contributed by atoms with van der Waals surface area (Å²) in [6.45, 7) is 2.95. The lowest BCUT2D eigenvalue weighted by Crippen LogP contribution is -2.53. The summed E-state index contributed by atoms with van der Waals surface area (Å²) in [5, 5.41) is 2.96. The highest BCUT2D eigenvalue weighted by Gasteiger charge is 2.36. The minimum atomic E-state index is -4.80. The van der Waals surface area contributed by atoms with Crippen molar-refractivity contribution in [2.45, 2.75) is 39.0 Å². The van der Waals surface area contributed by atoms with Gasteiger partial charge in [-0.1, -0.05) is 85.0 Å². The number of amides is 2. The van der Waals surface area contributed by atoms with Crippen LogP contribution in [0.4, 0.5) is 18.9 Å². The SMILES string of the molecule is CC(C)CNC(=O)C(Cc1ccccc1)N(Cc1ccc(Cl)c(Cl)c1)C(=O)CN(c1cc(C(F)(F)F)ccc1Cl)S(C)(=O)=O. The molecule has 0 aromatic heterocycles. The fraction of sp³-hybridized carbons (Fsp3) is 0.333. The smallest absolute Gasteiger partial charge is 0.354 e. The molecule has 0 radical (unpaired) electrons. The summed E-state index contributed by atoms with van der Waals surface area (Å²) in [5.41, 5.74) is -0.494. The number of nitrogens with zero attached hydrogens (tertiary/aromatic N) is 2. The zero-order valence-corrected chi connectivity index (χ0v) is 27.1. The molecule has 0 aliphatic carbocycles. The van der Waals surface area contributed by atoms with E-state index in [4.69, 9.17) is 34.8 Å². The maximum atomic E-state index is 14.1. The molecule has 238 valence electrons. The van der Waals surface area contributed by atoms with Crippen LogP contribution in [0.1, 0.15) is 30.5 Å². The number of sulfonamides is 1. The molecule has 3 aromatic carbocycles. The Bertz CT molecular complexity index is 1590. The molecule has 0 fully saturated rings. The second-order valence-electron chi connectivity index (χ2n) is 10.5. The molecule has 1 atom stereocenters. The van der Waals surface area contributed by atoms with E-state index in [-0.39, 0.29) is 34.0 Å². The van der Waals surface area contributed by atoms with Crippen LogP contribution in [-0.4, -0.2) is 50.5 Å². The van der Waals surface area contributed by atoms with Gasteiger partial charge in [-0.15, -0.1) is 0 Å². The third kappa shape index (κ3) is 9.76. The zero-order chi connectivity index (χ0) is 32.8. The van der Waals surface area contributed by atoms with Crippen molar-refractivity contribution in [3.05, 3.63) is 98.5 Å². The largest absolute Gasteiger partial charge is 0.416 e. The van der Waals surface area contributed by atoms with Gasteiger partial charge in [0.2, 0.25) is 21.8 Å². The molecule has 7 nitrogen and oxygen atoms in total. The summed E-state index contributed by atoms with van der Waals surface area (Å²) >= 11 is 18.5. The molecule has 14 heteroatoms. The molecule has 0 saturated heterocycles. The van der Waals surface area contributed by atoms with Gasteiger partial charge in [0.15, 0.2) is 0 Å². The van der Waals surface area contributed by atoms with Gasteiger partial charge < -0.3 is 10.2 Å². The van der Waals surface area contributed by atoms with Crippen LogP contribution in [0.3, 0.4) is 0 Å². The van der Waals surface area contributed by atoms with Crippen LogP contribution < -0.4 is 9.62 Å². The van der Waals surface area contributed by atoms with Crippen LogP contribution in [0, 0.1) is 5.92 Å². The van der Waals surface area contributed by atoms with E-state index in [0.717, 1.165) is 12.3 Å². The van der Waals surface area contributed by atoms with E-state index in [2.05, 4.69) is 5.32 Å². The van der Waals surface area contributed by atoms with Gasteiger partial charge in [0.25, 0.3) is 0 Å². The van der Waals surface area contributed by atoms with E-state index in [9.17, 15) is 31.2 Å². The first kappa shape index (κ1) is 35.5. The Morgan fingerprint density at radius 3 is 2.09 bits per heavy atom. The topological polar surface area (TPSA) is 86.8 Å². The maximum absolute atomic E-state index is 14.1. The van der Waals surface area contributed by atoms with E-state index in [1.54, 1.807) is 36.4 Å². The molecule has 0 saturated carbocycles. The van der Waals surface area contributed by atoms with Gasteiger partial charge in [-0.25, -0.2) is 8.42 Å². The summed E-state index contributed by atoms with van der Waals surface area (Å²) in [5.74, 6) is -1.28. The molecule has 0 aliphatic rings. The van der Waals surface area contributed by atoms with Crippen LogP contribution in [0.2, 0.25) is 15.1 Å². The fourth-order valence-electron chi connectivity index (χ4n) is 4.29. The van der Waals surface area contributed by atoms with Crippen LogP contribution in [0.5, 0.6) is 0 Å². The Morgan fingerprint density at radius 1 is 0.886 bits per heavy atom. The number of anilines is 1. The first-order chi connectivity index (χ1) is 20.5. The second-order valence-corrected chi connectivity index (χ2v) is 13.7. The first-order valence-corrected chi connectivity index (χ1v) is 16.3. The molecule has 0 aliphatic heterocycles. The van der Waals surface area contributed by atoms with Crippen LogP contribution in [-0.2, 0) is 38.8 Å². The number of halogens is 6. The highest BCUT2D eigenvalue weighted by atomic mass is 35.5. The van der Waals surface area contributed by atoms with E-state index in [1.807, 2.05) is 13.8 Å². The summed E-state index contributed by atoms with van der Waals surface area (Å²) in [6, 6.07) is 14.5. The number of rotatable bonds is 12. The van der Waals surface area contributed by atoms with E-state index < -0.39 is 51.9 Å². The maximum Gasteiger partial charge on any atom is 0.416 e. The number of carbonyl (C=O) groups is 2.